The standard InChI is InChI=1S/C16H15F3N2O2S/c1-3-23-14(22)9-24-15-20-12(8-13(21-15)16(17,18)19)11-6-4-10(2)5-7-11/h4-8H,3,9H2,1-2H3. The van der Waals surface area contributed by atoms with E-state index in [1.807, 2.05) is 6.92 Å². The van der Waals surface area contributed by atoms with Crippen molar-refractivity contribution >= 4 is 17.7 Å². The van der Waals surface area contributed by atoms with Crippen molar-refractivity contribution in [3.63, 3.8) is 0 Å². The number of benzene rings is 1. The van der Waals surface area contributed by atoms with E-state index in [9.17, 15) is 18.0 Å². The van der Waals surface area contributed by atoms with Gasteiger partial charge in [-0.1, -0.05) is 41.6 Å². The van der Waals surface area contributed by atoms with Gasteiger partial charge in [-0.25, -0.2) is 9.97 Å². The minimum absolute atomic E-state index is 0.117. The van der Waals surface area contributed by atoms with Crippen LogP contribution in [0, 0.1) is 6.92 Å². The molecule has 0 saturated heterocycles. The molecule has 0 N–H and O–H groups in total. The summed E-state index contributed by atoms with van der Waals surface area (Å²) in [7, 11) is 0. The van der Waals surface area contributed by atoms with Gasteiger partial charge in [0.05, 0.1) is 18.1 Å². The first kappa shape index (κ1) is 18.3. The lowest BCUT2D eigenvalue weighted by molar-refractivity contribution is -0.141. The number of hydrogen-bond acceptors (Lipinski definition) is 5. The lowest BCUT2D eigenvalue weighted by Crippen LogP contribution is -2.11. The van der Waals surface area contributed by atoms with E-state index >= 15 is 0 Å². The van der Waals surface area contributed by atoms with E-state index in [0.717, 1.165) is 23.4 Å². The molecule has 1 heterocycles. The van der Waals surface area contributed by atoms with Gasteiger partial charge in [0.25, 0.3) is 0 Å². The van der Waals surface area contributed by atoms with E-state index < -0.39 is 17.8 Å². The predicted molar refractivity (Wildman–Crippen MR) is 84.6 cm³/mol. The summed E-state index contributed by atoms with van der Waals surface area (Å²) < 4.78 is 43.9. The molecule has 0 spiro atoms. The van der Waals surface area contributed by atoms with Crippen LogP contribution in [-0.2, 0) is 15.7 Å². The molecule has 0 aliphatic carbocycles. The largest absolute Gasteiger partial charge is 0.465 e. The summed E-state index contributed by atoms with van der Waals surface area (Å²) in [5.41, 5.74) is 0.648. The fourth-order valence-corrected chi connectivity index (χ4v) is 2.49. The van der Waals surface area contributed by atoms with Crippen molar-refractivity contribution in [3.05, 3.63) is 41.6 Å². The molecular weight excluding hydrogens is 341 g/mol. The maximum Gasteiger partial charge on any atom is 0.433 e. The highest BCUT2D eigenvalue weighted by atomic mass is 32.2. The van der Waals surface area contributed by atoms with Crippen molar-refractivity contribution in [2.24, 2.45) is 0 Å². The Labute approximate surface area is 141 Å². The number of nitrogens with zero attached hydrogens (tertiary/aromatic N) is 2. The summed E-state index contributed by atoms with van der Waals surface area (Å²) >= 11 is 0.814. The van der Waals surface area contributed by atoms with E-state index in [0.29, 0.717) is 5.56 Å². The second kappa shape index (κ2) is 7.65. The van der Waals surface area contributed by atoms with Crippen LogP contribution in [0.1, 0.15) is 18.2 Å². The molecule has 0 atom stereocenters. The van der Waals surface area contributed by atoms with Gasteiger partial charge in [0.1, 0.15) is 5.69 Å². The average molecular weight is 356 g/mol. The Morgan fingerprint density at radius 1 is 1.21 bits per heavy atom. The van der Waals surface area contributed by atoms with Crippen molar-refractivity contribution in [2.75, 3.05) is 12.4 Å². The topological polar surface area (TPSA) is 52.1 Å². The van der Waals surface area contributed by atoms with Crippen LogP contribution in [0.5, 0.6) is 0 Å². The van der Waals surface area contributed by atoms with Crippen LogP contribution in [-0.4, -0.2) is 28.3 Å². The molecule has 2 rings (SSSR count). The minimum atomic E-state index is -4.60. The molecule has 2 aromatic rings. The molecule has 0 bridgehead atoms. The van der Waals surface area contributed by atoms with Crippen LogP contribution < -0.4 is 0 Å². The number of aromatic nitrogens is 2. The molecule has 0 saturated carbocycles. The molecule has 8 heteroatoms. The highest BCUT2D eigenvalue weighted by molar-refractivity contribution is 7.99. The molecular formula is C16H15F3N2O2S. The van der Waals surface area contributed by atoms with Crippen LogP contribution in [0.15, 0.2) is 35.5 Å². The lowest BCUT2D eigenvalue weighted by Gasteiger charge is -2.10. The summed E-state index contributed by atoms with van der Waals surface area (Å²) in [5.74, 6) is -0.678. The van der Waals surface area contributed by atoms with Crippen molar-refractivity contribution in [3.8, 4) is 11.3 Å². The maximum atomic E-state index is 13.1. The summed E-state index contributed by atoms with van der Waals surface area (Å²) in [5, 5.41) is -0.117. The second-order valence-electron chi connectivity index (χ2n) is 4.88. The first-order chi connectivity index (χ1) is 11.3. The van der Waals surface area contributed by atoms with Crippen molar-refractivity contribution < 1.29 is 22.7 Å². The van der Waals surface area contributed by atoms with E-state index in [2.05, 4.69) is 9.97 Å². The normalized spacial score (nSPS) is 11.4. The molecule has 0 aliphatic heterocycles. The van der Waals surface area contributed by atoms with Crippen molar-refractivity contribution in [1.29, 1.82) is 0 Å². The van der Waals surface area contributed by atoms with E-state index in [1.54, 1.807) is 31.2 Å². The number of esters is 1. The number of ether oxygens (including phenoxy) is 1. The Morgan fingerprint density at radius 2 is 1.88 bits per heavy atom. The van der Waals surface area contributed by atoms with Gasteiger partial charge in [-0.2, -0.15) is 13.2 Å². The Kier molecular flexibility index (Phi) is 5.82. The molecule has 0 aliphatic rings. The Bertz CT molecular complexity index is 718. The third-order valence-electron chi connectivity index (χ3n) is 2.97. The number of alkyl halides is 3. The van der Waals surface area contributed by atoms with Gasteiger partial charge in [-0.3, -0.25) is 4.79 Å². The van der Waals surface area contributed by atoms with Crippen LogP contribution in [0.4, 0.5) is 13.2 Å². The molecule has 1 aromatic carbocycles. The number of rotatable bonds is 5. The predicted octanol–water partition coefficient (Wildman–Crippen LogP) is 4.13. The van der Waals surface area contributed by atoms with E-state index in [-0.39, 0.29) is 23.2 Å². The van der Waals surface area contributed by atoms with Gasteiger partial charge in [0, 0.05) is 5.56 Å². The number of aryl methyl sites for hydroxylation is 1. The summed E-state index contributed by atoms with van der Waals surface area (Å²) in [6.45, 7) is 3.74. The third kappa shape index (κ3) is 4.95. The molecule has 24 heavy (non-hydrogen) atoms. The van der Waals surface area contributed by atoms with Crippen molar-refractivity contribution in [2.45, 2.75) is 25.2 Å². The van der Waals surface area contributed by atoms with Crippen molar-refractivity contribution in [1.82, 2.24) is 9.97 Å². The van der Waals surface area contributed by atoms with Crippen LogP contribution in [0.2, 0.25) is 0 Å². The zero-order chi connectivity index (χ0) is 17.7. The van der Waals surface area contributed by atoms with Crippen LogP contribution >= 0.6 is 11.8 Å². The van der Waals surface area contributed by atoms with Crippen LogP contribution in [0.25, 0.3) is 11.3 Å². The first-order valence-corrected chi connectivity index (χ1v) is 8.10. The second-order valence-corrected chi connectivity index (χ2v) is 5.82. The van der Waals surface area contributed by atoms with Gasteiger partial charge in [-0.05, 0) is 19.9 Å². The molecule has 0 radical (unpaired) electrons. The Hall–Kier alpha value is -2.09. The lowest BCUT2D eigenvalue weighted by atomic mass is 10.1. The van der Waals surface area contributed by atoms with Gasteiger partial charge in [0.2, 0.25) is 0 Å². The van der Waals surface area contributed by atoms with E-state index in [4.69, 9.17) is 4.74 Å². The smallest absolute Gasteiger partial charge is 0.433 e. The van der Waals surface area contributed by atoms with Gasteiger partial charge in [0.15, 0.2) is 5.16 Å². The highest BCUT2D eigenvalue weighted by Crippen LogP contribution is 2.32. The van der Waals surface area contributed by atoms with E-state index in [1.165, 1.54) is 0 Å². The molecule has 128 valence electrons. The number of halogens is 3. The molecule has 0 amide bonds. The number of hydrogen-bond donors (Lipinski definition) is 0. The number of carbonyl (C=O) groups excluding carboxylic acids is 1. The highest BCUT2D eigenvalue weighted by Gasteiger charge is 2.34. The Balaban J connectivity index is 2.34. The average Bonchev–Trinajstić information content (AvgIpc) is 2.53. The SMILES string of the molecule is CCOC(=O)CSc1nc(-c2ccc(C)cc2)cc(C(F)(F)F)n1. The molecule has 0 fully saturated rings. The fourth-order valence-electron chi connectivity index (χ4n) is 1.83. The monoisotopic (exact) mass is 356 g/mol. The molecule has 0 unspecified atom stereocenters. The number of thioether (sulfide) groups is 1. The third-order valence-corrected chi connectivity index (χ3v) is 3.79. The quantitative estimate of drug-likeness (QED) is 0.458. The zero-order valence-corrected chi connectivity index (χ0v) is 13.9. The fraction of sp³-hybridized carbons (Fsp3) is 0.312. The first-order valence-electron chi connectivity index (χ1n) is 7.11. The molecule has 1 aromatic heterocycles. The van der Waals surface area contributed by atoms with Gasteiger partial charge < -0.3 is 4.74 Å². The zero-order valence-electron chi connectivity index (χ0n) is 13.1. The summed E-state index contributed by atoms with van der Waals surface area (Å²) in [6.07, 6.45) is -4.60. The summed E-state index contributed by atoms with van der Waals surface area (Å²) in [4.78, 5) is 19.0. The summed E-state index contributed by atoms with van der Waals surface area (Å²) in [6, 6.07) is 7.86. The van der Waals surface area contributed by atoms with Gasteiger partial charge in [-0.15, -0.1) is 0 Å². The van der Waals surface area contributed by atoms with Gasteiger partial charge >= 0.3 is 12.1 Å². The van der Waals surface area contributed by atoms with Crippen LogP contribution in [0.3, 0.4) is 0 Å². The number of carbonyl (C=O) groups is 1. The Morgan fingerprint density at radius 3 is 2.46 bits per heavy atom. The minimum Gasteiger partial charge on any atom is -0.465 e. The molecule has 4 nitrogen and oxygen atoms in total. The maximum absolute atomic E-state index is 13.1.